The van der Waals surface area contributed by atoms with Crippen molar-refractivity contribution >= 4 is 29.1 Å². The summed E-state index contributed by atoms with van der Waals surface area (Å²) in [5, 5.41) is 2.64. The van der Waals surface area contributed by atoms with Crippen molar-refractivity contribution < 1.29 is 14.0 Å². The van der Waals surface area contributed by atoms with Crippen LogP contribution in [0.25, 0.3) is 0 Å². The van der Waals surface area contributed by atoms with Gasteiger partial charge in [-0.1, -0.05) is 19.1 Å². The van der Waals surface area contributed by atoms with E-state index in [1.165, 1.54) is 6.26 Å². The van der Waals surface area contributed by atoms with E-state index < -0.39 is 11.6 Å². The zero-order chi connectivity index (χ0) is 14.2. The summed E-state index contributed by atoms with van der Waals surface area (Å²) >= 11 is 4.86. The number of carbonyl (C=O) groups is 2. The Bertz CT molecular complexity index is 528. The number of urea groups is 1. The Morgan fingerprint density at radius 2 is 2.32 bits per heavy atom. The fourth-order valence-corrected chi connectivity index (χ4v) is 2.03. The highest BCUT2D eigenvalue weighted by molar-refractivity contribution is 7.80. The highest BCUT2D eigenvalue weighted by Gasteiger charge is 2.51. The first kappa shape index (κ1) is 13.5. The molecule has 2 unspecified atom stereocenters. The van der Waals surface area contributed by atoms with E-state index in [0.717, 1.165) is 4.90 Å². The Morgan fingerprint density at radius 3 is 2.84 bits per heavy atom. The number of rotatable bonds is 4. The molecule has 7 heteroatoms. The third kappa shape index (κ3) is 2.21. The number of hydrogen-bond donors (Lipinski definition) is 2. The van der Waals surface area contributed by atoms with Crippen molar-refractivity contribution in [2.75, 3.05) is 6.54 Å². The van der Waals surface area contributed by atoms with Crippen LogP contribution in [0.3, 0.4) is 0 Å². The summed E-state index contributed by atoms with van der Waals surface area (Å²) in [6.07, 6.45) is 1.46. The lowest BCUT2D eigenvalue weighted by molar-refractivity contribution is -0.131. The van der Waals surface area contributed by atoms with Crippen LogP contribution in [0, 0.1) is 5.92 Å². The molecule has 0 saturated carbocycles. The molecule has 0 bridgehead atoms. The van der Waals surface area contributed by atoms with Crippen LogP contribution in [0.15, 0.2) is 22.8 Å². The maximum Gasteiger partial charge on any atom is 0.325 e. The number of furan rings is 1. The lowest BCUT2D eigenvalue weighted by Gasteiger charge is -2.20. The third-order valence-electron chi connectivity index (χ3n) is 3.23. The van der Waals surface area contributed by atoms with Gasteiger partial charge >= 0.3 is 6.03 Å². The standard InChI is InChI=1S/C12H15N3O3S/c1-7(9(13)19)6-15-10(16)12(2,14-11(15)17)8-4-3-5-18-8/h3-5,7H,6H2,1-2H3,(H2,13,19)(H,14,17). The smallest absolute Gasteiger partial charge is 0.325 e. The molecule has 0 aromatic carbocycles. The summed E-state index contributed by atoms with van der Waals surface area (Å²) in [5.41, 5.74) is 4.34. The quantitative estimate of drug-likeness (QED) is 0.634. The summed E-state index contributed by atoms with van der Waals surface area (Å²) < 4.78 is 5.23. The second-order valence-electron chi connectivity index (χ2n) is 4.75. The van der Waals surface area contributed by atoms with E-state index in [-0.39, 0.29) is 23.4 Å². The van der Waals surface area contributed by atoms with Gasteiger partial charge in [0.15, 0.2) is 5.54 Å². The number of imide groups is 1. The van der Waals surface area contributed by atoms with E-state index in [0.29, 0.717) is 5.76 Å². The molecule has 2 heterocycles. The molecule has 1 aliphatic rings. The Morgan fingerprint density at radius 1 is 1.63 bits per heavy atom. The molecule has 0 spiro atoms. The van der Waals surface area contributed by atoms with Gasteiger partial charge in [-0.05, 0) is 19.1 Å². The average molecular weight is 281 g/mol. The van der Waals surface area contributed by atoms with Crippen molar-refractivity contribution in [2.45, 2.75) is 19.4 Å². The highest BCUT2D eigenvalue weighted by atomic mass is 32.1. The minimum atomic E-state index is -1.17. The van der Waals surface area contributed by atoms with Crippen molar-refractivity contribution in [3.63, 3.8) is 0 Å². The summed E-state index contributed by atoms with van der Waals surface area (Å²) in [5.74, 6) is -0.199. The van der Waals surface area contributed by atoms with E-state index in [2.05, 4.69) is 5.32 Å². The lowest BCUT2D eigenvalue weighted by atomic mass is 9.99. The monoisotopic (exact) mass is 281 g/mol. The fraction of sp³-hybridized carbons (Fsp3) is 0.417. The first-order valence-electron chi connectivity index (χ1n) is 5.83. The van der Waals surface area contributed by atoms with E-state index >= 15 is 0 Å². The Kier molecular flexibility index (Phi) is 3.32. The summed E-state index contributed by atoms with van der Waals surface area (Å²) in [6, 6.07) is 2.85. The first-order chi connectivity index (χ1) is 8.86. The van der Waals surface area contributed by atoms with Crippen LogP contribution in [-0.4, -0.2) is 28.4 Å². The summed E-state index contributed by atoms with van der Waals surface area (Å²) in [6.45, 7) is 3.54. The molecular formula is C12H15N3O3S. The Labute approximate surface area is 115 Å². The molecule has 0 radical (unpaired) electrons. The number of nitrogens with zero attached hydrogens (tertiary/aromatic N) is 1. The number of thiocarbonyl (C=S) groups is 1. The van der Waals surface area contributed by atoms with Crippen LogP contribution in [0.5, 0.6) is 0 Å². The topological polar surface area (TPSA) is 88.6 Å². The van der Waals surface area contributed by atoms with Gasteiger partial charge in [0.2, 0.25) is 0 Å². The highest BCUT2D eigenvalue weighted by Crippen LogP contribution is 2.29. The molecule has 1 aliphatic heterocycles. The molecule has 3 amide bonds. The fourth-order valence-electron chi connectivity index (χ4n) is 1.96. The van der Waals surface area contributed by atoms with Gasteiger partial charge in [-0.2, -0.15) is 0 Å². The van der Waals surface area contributed by atoms with Crippen molar-refractivity contribution in [3.8, 4) is 0 Å². The largest absolute Gasteiger partial charge is 0.466 e. The number of nitrogens with one attached hydrogen (secondary N) is 1. The zero-order valence-electron chi connectivity index (χ0n) is 10.7. The molecular weight excluding hydrogens is 266 g/mol. The van der Waals surface area contributed by atoms with Crippen molar-refractivity contribution in [1.82, 2.24) is 10.2 Å². The predicted octanol–water partition coefficient (Wildman–Crippen LogP) is 0.969. The maximum absolute atomic E-state index is 12.4. The van der Waals surface area contributed by atoms with Crippen molar-refractivity contribution in [2.24, 2.45) is 11.7 Å². The number of nitrogens with two attached hydrogens (primary N) is 1. The summed E-state index contributed by atoms with van der Waals surface area (Å²) in [7, 11) is 0. The number of amides is 3. The van der Waals surface area contributed by atoms with E-state index in [1.807, 2.05) is 0 Å². The predicted molar refractivity (Wildman–Crippen MR) is 72.3 cm³/mol. The van der Waals surface area contributed by atoms with Gasteiger partial charge in [-0.15, -0.1) is 0 Å². The molecule has 6 nitrogen and oxygen atoms in total. The normalized spacial score (nSPS) is 24.4. The van der Waals surface area contributed by atoms with E-state index in [9.17, 15) is 9.59 Å². The molecule has 0 aliphatic carbocycles. The van der Waals surface area contributed by atoms with Gasteiger partial charge in [0.05, 0.1) is 11.3 Å². The molecule has 2 atom stereocenters. The van der Waals surface area contributed by atoms with E-state index in [4.69, 9.17) is 22.4 Å². The van der Waals surface area contributed by atoms with Gasteiger partial charge in [0.1, 0.15) is 5.76 Å². The molecule has 2 rings (SSSR count). The van der Waals surface area contributed by atoms with Crippen LogP contribution in [-0.2, 0) is 10.3 Å². The van der Waals surface area contributed by atoms with Crippen LogP contribution in [0.2, 0.25) is 0 Å². The molecule has 1 fully saturated rings. The van der Waals surface area contributed by atoms with Gasteiger partial charge < -0.3 is 15.5 Å². The second kappa shape index (κ2) is 4.65. The minimum Gasteiger partial charge on any atom is -0.466 e. The second-order valence-corrected chi connectivity index (χ2v) is 5.22. The van der Waals surface area contributed by atoms with Crippen LogP contribution in [0.1, 0.15) is 19.6 Å². The first-order valence-corrected chi connectivity index (χ1v) is 6.24. The van der Waals surface area contributed by atoms with Crippen LogP contribution < -0.4 is 11.1 Å². The van der Waals surface area contributed by atoms with Crippen LogP contribution in [0.4, 0.5) is 4.79 Å². The lowest BCUT2D eigenvalue weighted by Crippen LogP contribution is -2.41. The Balaban J connectivity index is 2.24. The van der Waals surface area contributed by atoms with Gasteiger partial charge in [-0.3, -0.25) is 9.69 Å². The zero-order valence-corrected chi connectivity index (χ0v) is 11.5. The van der Waals surface area contributed by atoms with Gasteiger partial charge in [0, 0.05) is 12.5 Å². The van der Waals surface area contributed by atoms with Gasteiger partial charge in [0.25, 0.3) is 5.91 Å². The third-order valence-corrected chi connectivity index (χ3v) is 3.63. The SMILES string of the molecule is CC(CN1C(=O)NC(C)(c2ccco2)C1=O)C(N)=S. The molecule has 19 heavy (non-hydrogen) atoms. The average Bonchev–Trinajstić information content (AvgIpc) is 2.93. The molecule has 1 aromatic rings. The molecule has 1 saturated heterocycles. The van der Waals surface area contributed by atoms with E-state index in [1.54, 1.807) is 26.0 Å². The van der Waals surface area contributed by atoms with Crippen molar-refractivity contribution in [1.29, 1.82) is 0 Å². The Hall–Kier alpha value is -1.89. The number of hydrogen-bond acceptors (Lipinski definition) is 4. The van der Waals surface area contributed by atoms with Crippen molar-refractivity contribution in [3.05, 3.63) is 24.2 Å². The molecule has 3 N–H and O–H groups in total. The molecule has 1 aromatic heterocycles. The maximum atomic E-state index is 12.4. The molecule has 102 valence electrons. The number of carbonyl (C=O) groups excluding carboxylic acids is 2. The summed E-state index contributed by atoms with van der Waals surface area (Å²) in [4.78, 5) is 25.7. The minimum absolute atomic E-state index is 0.163. The van der Waals surface area contributed by atoms with Gasteiger partial charge in [-0.25, -0.2) is 4.79 Å². The van der Waals surface area contributed by atoms with Crippen LogP contribution >= 0.6 is 12.2 Å².